The highest BCUT2D eigenvalue weighted by atomic mass is 35.5. The van der Waals surface area contributed by atoms with E-state index in [1.54, 1.807) is 24.2 Å². The number of benzene rings is 3. The minimum Gasteiger partial charge on any atom is -0.313 e. The molecule has 32 heavy (non-hydrogen) atoms. The van der Waals surface area contributed by atoms with E-state index < -0.39 is 0 Å². The number of fused-ring (bicyclic) bond motifs is 2. The lowest BCUT2D eigenvalue weighted by Gasteiger charge is -2.18. The highest BCUT2D eigenvalue weighted by molar-refractivity contribution is 6.32. The number of hydrogen-bond acceptors (Lipinski definition) is 6. The van der Waals surface area contributed by atoms with Crippen LogP contribution in [0, 0.1) is 0 Å². The molecule has 0 aliphatic carbocycles. The number of carbonyl (C=O) groups is 1. The fourth-order valence-corrected chi connectivity index (χ4v) is 3.61. The molecule has 0 bridgehead atoms. The third-order valence-corrected chi connectivity index (χ3v) is 5.31. The Morgan fingerprint density at radius 3 is 2.56 bits per heavy atom. The molecule has 0 saturated heterocycles. The van der Waals surface area contributed by atoms with E-state index >= 15 is 0 Å². The van der Waals surface area contributed by atoms with Crippen LogP contribution in [0.2, 0.25) is 5.02 Å². The Bertz CT molecular complexity index is 1290. The molecular formula is C24H21ClN6O. The topological polar surface area (TPSA) is 96.5 Å². The molecule has 0 radical (unpaired) electrons. The van der Waals surface area contributed by atoms with Crippen LogP contribution < -0.4 is 16.2 Å². The van der Waals surface area contributed by atoms with Crippen molar-refractivity contribution in [2.45, 2.75) is 0 Å². The molecule has 1 amide bonds. The van der Waals surface area contributed by atoms with Crippen molar-refractivity contribution in [1.29, 1.82) is 0 Å². The fourth-order valence-electron chi connectivity index (χ4n) is 3.44. The van der Waals surface area contributed by atoms with Gasteiger partial charge in [0.1, 0.15) is 6.54 Å². The number of nitrogens with two attached hydrogens (primary N) is 1. The SMILES string of the molecule is CN1C(=O)CN=C(c2ccccc2)c2cc(Cl)ccc21.NNc1nncc2ccccc12. The lowest BCUT2D eigenvalue weighted by Crippen LogP contribution is -2.27. The van der Waals surface area contributed by atoms with Crippen molar-refractivity contribution in [2.24, 2.45) is 10.8 Å². The number of nitrogens with zero attached hydrogens (tertiary/aromatic N) is 4. The van der Waals surface area contributed by atoms with Gasteiger partial charge in [-0.05, 0) is 18.2 Å². The quantitative estimate of drug-likeness (QED) is 0.359. The molecule has 1 aliphatic heterocycles. The van der Waals surface area contributed by atoms with Crippen LogP contribution in [0.1, 0.15) is 11.1 Å². The van der Waals surface area contributed by atoms with E-state index in [0.717, 1.165) is 33.3 Å². The van der Waals surface area contributed by atoms with Crippen LogP contribution >= 0.6 is 11.6 Å². The smallest absolute Gasteiger partial charge is 0.248 e. The third kappa shape index (κ3) is 4.44. The number of hydrogen-bond donors (Lipinski definition) is 2. The van der Waals surface area contributed by atoms with Gasteiger partial charge in [0.2, 0.25) is 5.91 Å². The molecule has 1 aliphatic rings. The molecule has 4 aromatic rings. The molecule has 3 N–H and O–H groups in total. The van der Waals surface area contributed by atoms with Gasteiger partial charge in [-0.2, -0.15) is 5.10 Å². The monoisotopic (exact) mass is 444 g/mol. The van der Waals surface area contributed by atoms with Crippen molar-refractivity contribution in [3.8, 4) is 0 Å². The van der Waals surface area contributed by atoms with Crippen molar-refractivity contribution in [3.05, 3.63) is 95.1 Å². The molecule has 0 unspecified atom stereocenters. The summed E-state index contributed by atoms with van der Waals surface area (Å²) in [5.74, 6) is 5.84. The van der Waals surface area contributed by atoms with Gasteiger partial charge in [-0.1, -0.05) is 66.2 Å². The molecule has 0 atom stereocenters. The zero-order chi connectivity index (χ0) is 22.5. The number of aliphatic imine (C=N–C) groups is 1. The molecule has 5 rings (SSSR count). The molecule has 2 heterocycles. The molecule has 160 valence electrons. The lowest BCUT2D eigenvalue weighted by atomic mass is 10.0. The normalized spacial score (nSPS) is 12.9. The predicted molar refractivity (Wildman–Crippen MR) is 129 cm³/mol. The number of amides is 1. The summed E-state index contributed by atoms with van der Waals surface area (Å²) in [6.45, 7) is 0.146. The number of halogens is 1. The number of likely N-dealkylation sites (N-methyl/N-ethyl adjacent to an activating group) is 1. The Labute approximate surface area is 190 Å². The van der Waals surface area contributed by atoms with Gasteiger partial charge >= 0.3 is 0 Å². The fraction of sp³-hybridized carbons (Fsp3) is 0.0833. The maximum Gasteiger partial charge on any atom is 0.248 e. The molecule has 3 aromatic carbocycles. The second kappa shape index (κ2) is 9.55. The number of rotatable bonds is 2. The van der Waals surface area contributed by atoms with Crippen LogP contribution in [0.5, 0.6) is 0 Å². The zero-order valence-electron chi connectivity index (χ0n) is 17.4. The number of anilines is 2. The summed E-state index contributed by atoms with van der Waals surface area (Å²) in [7, 11) is 1.76. The van der Waals surface area contributed by atoms with E-state index in [2.05, 4.69) is 20.6 Å². The largest absolute Gasteiger partial charge is 0.313 e. The Morgan fingerprint density at radius 2 is 1.78 bits per heavy atom. The Hall–Kier alpha value is -3.81. The van der Waals surface area contributed by atoms with E-state index in [-0.39, 0.29) is 12.5 Å². The van der Waals surface area contributed by atoms with Crippen LogP contribution in [0.15, 0.2) is 84.0 Å². The molecular weight excluding hydrogens is 424 g/mol. The lowest BCUT2D eigenvalue weighted by molar-refractivity contribution is -0.116. The van der Waals surface area contributed by atoms with Gasteiger partial charge in [0.15, 0.2) is 5.82 Å². The van der Waals surface area contributed by atoms with Crippen molar-refractivity contribution in [2.75, 3.05) is 23.9 Å². The highest BCUT2D eigenvalue weighted by Crippen LogP contribution is 2.28. The number of aromatic nitrogens is 2. The van der Waals surface area contributed by atoms with Crippen molar-refractivity contribution in [3.63, 3.8) is 0 Å². The number of nitrogens with one attached hydrogen (secondary N) is 1. The van der Waals surface area contributed by atoms with Crippen LogP contribution in [0.4, 0.5) is 11.5 Å². The first-order valence-electron chi connectivity index (χ1n) is 9.92. The Balaban J connectivity index is 0.000000174. The van der Waals surface area contributed by atoms with Crippen LogP contribution in [0.3, 0.4) is 0 Å². The first kappa shape index (κ1) is 21.4. The van der Waals surface area contributed by atoms with Gasteiger partial charge < -0.3 is 10.3 Å². The number of hydrazine groups is 1. The van der Waals surface area contributed by atoms with Crippen molar-refractivity contribution < 1.29 is 4.79 Å². The maximum absolute atomic E-state index is 12.0. The Morgan fingerprint density at radius 1 is 1.03 bits per heavy atom. The second-order valence-electron chi connectivity index (χ2n) is 7.07. The molecule has 1 aromatic heterocycles. The first-order valence-corrected chi connectivity index (χ1v) is 10.3. The van der Waals surface area contributed by atoms with Gasteiger partial charge in [0.25, 0.3) is 0 Å². The van der Waals surface area contributed by atoms with E-state index in [1.807, 2.05) is 66.7 Å². The Kier molecular flexibility index (Phi) is 6.39. The average molecular weight is 445 g/mol. The minimum atomic E-state index is -0.0282. The van der Waals surface area contributed by atoms with Crippen molar-refractivity contribution in [1.82, 2.24) is 10.2 Å². The standard InChI is InChI=1S/C16H13ClN2O.C8H8N4/c1-19-14-8-7-12(17)9-13(14)16(18-10-15(19)20)11-5-3-2-4-6-11;9-11-8-7-4-2-1-3-6(7)5-10-12-8/h2-9H,10H2,1H3;1-5H,9H2,(H,11,12). The van der Waals surface area contributed by atoms with Gasteiger partial charge in [-0.3, -0.25) is 9.79 Å². The number of nitrogen functional groups attached to an aromatic ring is 1. The molecule has 0 fully saturated rings. The van der Waals surface area contributed by atoms with E-state index in [1.165, 1.54) is 0 Å². The summed E-state index contributed by atoms with van der Waals surface area (Å²) < 4.78 is 0. The van der Waals surface area contributed by atoms with E-state index in [4.69, 9.17) is 17.4 Å². The first-order chi connectivity index (χ1) is 15.6. The highest BCUT2D eigenvalue weighted by Gasteiger charge is 2.22. The van der Waals surface area contributed by atoms with Gasteiger partial charge in [0, 0.05) is 34.0 Å². The molecule has 0 saturated carbocycles. The summed E-state index contributed by atoms with van der Waals surface area (Å²) in [4.78, 5) is 18.1. The van der Waals surface area contributed by atoms with Gasteiger partial charge in [0.05, 0.1) is 17.6 Å². The molecule has 7 nitrogen and oxygen atoms in total. The summed E-state index contributed by atoms with van der Waals surface area (Å²) in [5, 5.41) is 10.3. The van der Waals surface area contributed by atoms with E-state index in [0.29, 0.717) is 10.8 Å². The minimum absolute atomic E-state index is 0.0282. The van der Waals surface area contributed by atoms with Gasteiger partial charge in [-0.25, -0.2) is 5.84 Å². The summed E-state index contributed by atoms with van der Waals surface area (Å²) >= 11 is 6.11. The van der Waals surface area contributed by atoms with Crippen LogP contribution in [-0.2, 0) is 4.79 Å². The molecule has 0 spiro atoms. The average Bonchev–Trinajstić information content (AvgIpc) is 2.96. The zero-order valence-corrected chi connectivity index (χ0v) is 18.1. The maximum atomic E-state index is 12.0. The third-order valence-electron chi connectivity index (χ3n) is 5.08. The predicted octanol–water partition coefficient (Wildman–Crippen LogP) is 4.07. The second-order valence-corrected chi connectivity index (χ2v) is 7.51. The van der Waals surface area contributed by atoms with E-state index in [9.17, 15) is 4.79 Å². The van der Waals surface area contributed by atoms with Crippen LogP contribution in [0.25, 0.3) is 10.8 Å². The van der Waals surface area contributed by atoms with Gasteiger partial charge in [-0.15, -0.1) is 5.10 Å². The number of benzodiazepines with no additional fused rings is 1. The summed E-state index contributed by atoms with van der Waals surface area (Å²) in [6.07, 6.45) is 1.70. The van der Waals surface area contributed by atoms with Crippen LogP contribution in [-0.4, -0.2) is 35.4 Å². The number of carbonyl (C=O) groups excluding carboxylic acids is 1. The summed E-state index contributed by atoms with van der Waals surface area (Å²) in [5.41, 5.74) is 6.01. The molecule has 8 heteroatoms. The summed E-state index contributed by atoms with van der Waals surface area (Å²) in [6, 6.07) is 23.1. The van der Waals surface area contributed by atoms with Crippen molar-refractivity contribution >= 4 is 45.5 Å².